The molecule has 2 nitrogen and oxygen atoms in total. The Morgan fingerprint density at radius 3 is 1.44 bits per heavy atom. The molecule has 0 saturated carbocycles. The lowest BCUT2D eigenvalue weighted by Gasteiger charge is -2.22. The van der Waals surface area contributed by atoms with Crippen LogP contribution in [0.15, 0.2) is 0 Å². The highest BCUT2D eigenvalue weighted by molar-refractivity contribution is 6.64. The molecule has 0 radical (unpaired) electrons. The third-order valence-corrected chi connectivity index (χ3v) is 4.94. The van der Waals surface area contributed by atoms with Crippen molar-refractivity contribution in [1.29, 1.82) is 0 Å². The summed E-state index contributed by atoms with van der Waals surface area (Å²) in [5, 5.41) is 0. The van der Waals surface area contributed by atoms with Crippen LogP contribution in [0.2, 0.25) is 13.1 Å². The monoisotopic (exact) mass is 274 g/mol. The van der Waals surface area contributed by atoms with Gasteiger partial charge in [-0.05, 0) is 25.9 Å². The van der Waals surface area contributed by atoms with Crippen molar-refractivity contribution >= 4 is 8.56 Å². The van der Waals surface area contributed by atoms with Gasteiger partial charge in [0.05, 0.1) is 0 Å². The molecule has 0 rings (SSSR count). The van der Waals surface area contributed by atoms with Gasteiger partial charge in [0.15, 0.2) is 0 Å². The Balaban J connectivity index is 3.37. The van der Waals surface area contributed by atoms with Crippen molar-refractivity contribution in [2.45, 2.75) is 84.7 Å². The van der Waals surface area contributed by atoms with Crippen molar-refractivity contribution in [1.82, 2.24) is 0 Å². The quantitative estimate of drug-likeness (QED) is 0.336. The van der Waals surface area contributed by atoms with Crippen LogP contribution in [0.4, 0.5) is 0 Å². The highest BCUT2D eigenvalue weighted by Gasteiger charge is 2.23. The summed E-state index contributed by atoms with van der Waals surface area (Å²) in [5.74, 6) is 0. The predicted molar refractivity (Wildman–Crippen MR) is 82.3 cm³/mol. The van der Waals surface area contributed by atoms with Crippen LogP contribution >= 0.6 is 0 Å². The second-order valence-electron chi connectivity index (χ2n) is 5.57. The lowest BCUT2D eigenvalue weighted by Crippen LogP contribution is -2.35. The molecule has 0 aliphatic rings. The molecule has 0 bridgehead atoms. The van der Waals surface area contributed by atoms with Crippen molar-refractivity contribution in [3.63, 3.8) is 0 Å². The van der Waals surface area contributed by atoms with Crippen molar-refractivity contribution in [3.8, 4) is 0 Å². The Morgan fingerprint density at radius 1 is 0.611 bits per heavy atom. The zero-order valence-corrected chi connectivity index (χ0v) is 14.1. The average molecular weight is 275 g/mol. The van der Waals surface area contributed by atoms with Crippen LogP contribution < -0.4 is 0 Å². The third kappa shape index (κ3) is 12.6. The van der Waals surface area contributed by atoms with Crippen LogP contribution in [0, 0.1) is 0 Å². The maximum atomic E-state index is 5.93. The normalized spacial score (nSPS) is 12.0. The van der Waals surface area contributed by atoms with E-state index < -0.39 is 8.56 Å². The lowest BCUT2D eigenvalue weighted by molar-refractivity contribution is 0.173. The van der Waals surface area contributed by atoms with Crippen molar-refractivity contribution in [2.24, 2.45) is 0 Å². The van der Waals surface area contributed by atoms with E-state index in [-0.39, 0.29) is 0 Å². The largest absolute Gasteiger partial charge is 0.395 e. The van der Waals surface area contributed by atoms with Gasteiger partial charge in [-0.1, -0.05) is 58.8 Å². The zero-order valence-electron chi connectivity index (χ0n) is 13.1. The summed E-state index contributed by atoms with van der Waals surface area (Å²) < 4.78 is 11.9. The minimum Gasteiger partial charge on any atom is -0.395 e. The average Bonchev–Trinajstić information content (AvgIpc) is 2.33. The first-order valence-corrected chi connectivity index (χ1v) is 10.7. The Labute approximate surface area is 116 Å². The molecule has 0 atom stereocenters. The molecule has 3 heteroatoms. The molecule has 0 aliphatic carbocycles. The summed E-state index contributed by atoms with van der Waals surface area (Å²) in [7, 11) is -1.83. The highest BCUT2D eigenvalue weighted by atomic mass is 28.4. The van der Waals surface area contributed by atoms with Gasteiger partial charge in [-0.15, -0.1) is 0 Å². The topological polar surface area (TPSA) is 18.5 Å². The predicted octanol–water partition coefficient (Wildman–Crippen LogP) is 5.27. The molecule has 0 saturated heterocycles. The molecule has 18 heavy (non-hydrogen) atoms. The maximum Gasteiger partial charge on any atom is 0.331 e. The van der Waals surface area contributed by atoms with E-state index >= 15 is 0 Å². The van der Waals surface area contributed by atoms with E-state index in [0.29, 0.717) is 0 Å². The van der Waals surface area contributed by atoms with Crippen LogP contribution in [-0.2, 0) is 8.85 Å². The van der Waals surface area contributed by atoms with Crippen LogP contribution in [-0.4, -0.2) is 21.8 Å². The number of hydrogen-bond donors (Lipinski definition) is 0. The summed E-state index contributed by atoms with van der Waals surface area (Å²) in [6.45, 7) is 10.6. The van der Waals surface area contributed by atoms with Gasteiger partial charge in [0, 0.05) is 13.2 Å². The van der Waals surface area contributed by atoms with E-state index in [0.717, 1.165) is 13.2 Å². The van der Waals surface area contributed by atoms with E-state index in [4.69, 9.17) is 8.85 Å². The Morgan fingerprint density at radius 2 is 1.00 bits per heavy atom. The van der Waals surface area contributed by atoms with E-state index in [9.17, 15) is 0 Å². The minimum atomic E-state index is -1.83. The van der Waals surface area contributed by atoms with Gasteiger partial charge in [0.25, 0.3) is 0 Å². The zero-order chi connectivity index (χ0) is 13.7. The van der Waals surface area contributed by atoms with E-state index in [2.05, 4.69) is 26.9 Å². The van der Waals surface area contributed by atoms with E-state index in [1.54, 1.807) is 0 Å². The molecular weight excluding hydrogens is 240 g/mol. The Kier molecular flexibility index (Phi) is 12.3. The molecule has 0 aromatic heterocycles. The first kappa shape index (κ1) is 18.1. The fraction of sp³-hybridized carbons (Fsp3) is 1.00. The summed E-state index contributed by atoms with van der Waals surface area (Å²) in [5.41, 5.74) is 0. The molecule has 0 aromatic rings. The second-order valence-corrected chi connectivity index (χ2v) is 8.95. The fourth-order valence-corrected chi connectivity index (χ4v) is 3.27. The summed E-state index contributed by atoms with van der Waals surface area (Å²) in [4.78, 5) is 0. The highest BCUT2D eigenvalue weighted by Crippen LogP contribution is 2.11. The van der Waals surface area contributed by atoms with Crippen molar-refractivity contribution in [2.75, 3.05) is 13.2 Å². The molecule has 110 valence electrons. The number of unbranched alkanes of at least 4 members (excludes halogenated alkanes) is 7. The smallest absolute Gasteiger partial charge is 0.331 e. The fourth-order valence-electron chi connectivity index (χ4n) is 1.91. The van der Waals surface area contributed by atoms with Crippen molar-refractivity contribution < 1.29 is 8.85 Å². The summed E-state index contributed by atoms with van der Waals surface area (Å²) in [6.07, 6.45) is 11.6. The molecule has 0 aromatic carbocycles. The minimum absolute atomic E-state index is 0.884. The van der Waals surface area contributed by atoms with Gasteiger partial charge in [-0.2, -0.15) is 0 Å². The van der Waals surface area contributed by atoms with Gasteiger partial charge in [-0.25, -0.2) is 0 Å². The molecule has 0 spiro atoms. The molecule has 0 heterocycles. The molecule has 0 N–H and O–H groups in total. The Bertz CT molecular complexity index is 172. The number of rotatable bonds is 13. The molecule has 0 fully saturated rings. The molecule has 0 aliphatic heterocycles. The van der Waals surface area contributed by atoms with Crippen LogP contribution in [0.1, 0.15) is 71.6 Å². The molecule has 0 unspecified atom stereocenters. The molecular formula is C15H34O2Si. The first-order valence-electron chi connectivity index (χ1n) is 7.90. The van der Waals surface area contributed by atoms with Crippen LogP contribution in [0.25, 0.3) is 0 Å². The standard InChI is InChI=1S/C15H34O2Si/c1-5-7-9-11-13-15-17-18(3,4)16-14-12-10-8-6-2/h5-15H2,1-4H3. The van der Waals surface area contributed by atoms with Gasteiger partial charge in [0.2, 0.25) is 0 Å². The summed E-state index contributed by atoms with van der Waals surface area (Å²) >= 11 is 0. The van der Waals surface area contributed by atoms with E-state index in [1.165, 1.54) is 57.8 Å². The first-order chi connectivity index (χ1) is 8.62. The van der Waals surface area contributed by atoms with Gasteiger partial charge in [0.1, 0.15) is 0 Å². The third-order valence-electron chi connectivity index (χ3n) is 3.15. The maximum absolute atomic E-state index is 5.93. The van der Waals surface area contributed by atoms with Gasteiger partial charge >= 0.3 is 8.56 Å². The van der Waals surface area contributed by atoms with E-state index in [1.807, 2.05) is 0 Å². The Hall–Kier alpha value is 0.137. The van der Waals surface area contributed by atoms with Gasteiger partial charge in [-0.3, -0.25) is 0 Å². The second kappa shape index (κ2) is 12.2. The van der Waals surface area contributed by atoms with Crippen LogP contribution in [0.3, 0.4) is 0 Å². The number of hydrogen-bond acceptors (Lipinski definition) is 2. The lowest BCUT2D eigenvalue weighted by atomic mass is 10.2. The summed E-state index contributed by atoms with van der Waals surface area (Å²) in [6, 6.07) is 0. The molecule has 0 amide bonds. The SMILES string of the molecule is CCCCCCCO[Si](C)(C)OCCCCCC. The van der Waals surface area contributed by atoms with Crippen molar-refractivity contribution in [3.05, 3.63) is 0 Å². The van der Waals surface area contributed by atoms with Gasteiger partial charge < -0.3 is 8.85 Å². The van der Waals surface area contributed by atoms with Crippen LogP contribution in [0.5, 0.6) is 0 Å².